The molecule has 9 heteroatoms. The van der Waals surface area contributed by atoms with Crippen molar-refractivity contribution in [1.82, 2.24) is 10.6 Å². The number of carbonyl (C=O) groups is 5. The molecule has 3 rings (SSSR count). The maximum Gasteiger partial charge on any atom is 0.251 e. The molecule has 0 heterocycles. The predicted molar refractivity (Wildman–Crippen MR) is 151 cm³/mol. The molecule has 0 aliphatic rings. The lowest BCUT2D eigenvalue weighted by Gasteiger charge is -2.23. The van der Waals surface area contributed by atoms with Gasteiger partial charge in [-0.25, -0.2) is 0 Å². The summed E-state index contributed by atoms with van der Waals surface area (Å²) < 4.78 is 0. The highest BCUT2D eigenvalue weighted by molar-refractivity contribution is 5.99. The summed E-state index contributed by atoms with van der Waals surface area (Å²) in [5, 5.41) is 5.31. The molecule has 208 valence electrons. The molecule has 0 spiro atoms. The molecule has 0 fully saturated rings. The van der Waals surface area contributed by atoms with Crippen LogP contribution in [0.15, 0.2) is 84.9 Å². The van der Waals surface area contributed by atoms with Gasteiger partial charge in [0.05, 0.1) is 12.5 Å². The van der Waals surface area contributed by atoms with Crippen molar-refractivity contribution in [3.63, 3.8) is 0 Å². The number of hydrogen-bond acceptors (Lipinski definition) is 5. The van der Waals surface area contributed by atoms with Crippen molar-refractivity contribution in [1.29, 1.82) is 0 Å². The second kappa shape index (κ2) is 14.4. The molecule has 9 nitrogen and oxygen atoms in total. The predicted octanol–water partition coefficient (Wildman–Crippen LogP) is 2.00. The number of aryl methyl sites for hydroxylation is 1. The van der Waals surface area contributed by atoms with Crippen LogP contribution in [0.4, 0.5) is 0 Å². The number of nitrogens with one attached hydrogen (secondary N) is 2. The van der Waals surface area contributed by atoms with Crippen molar-refractivity contribution in [2.45, 2.75) is 44.7 Å². The fourth-order valence-corrected chi connectivity index (χ4v) is 4.29. The summed E-state index contributed by atoms with van der Waals surface area (Å²) in [6.45, 7) is 1.93. The quantitative estimate of drug-likeness (QED) is 0.245. The van der Waals surface area contributed by atoms with Gasteiger partial charge in [0.25, 0.3) is 5.91 Å². The van der Waals surface area contributed by atoms with Crippen LogP contribution in [0.5, 0.6) is 0 Å². The van der Waals surface area contributed by atoms with E-state index in [-0.39, 0.29) is 25.0 Å². The van der Waals surface area contributed by atoms with Crippen LogP contribution in [0.2, 0.25) is 0 Å². The first-order valence-corrected chi connectivity index (χ1v) is 13.0. The van der Waals surface area contributed by atoms with E-state index in [0.29, 0.717) is 5.56 Å². The summed E-state index contributed by atoms with van der Waals surface area (Å²) in [6, 6.07) is 23.1. The largest absolute Gasteiger partial charge is 0.370 e. The van der Waals surface area contributed by atoms with E-state index in [9.17, 15) is 24.0 Å². The third-order valence-electron chi connectivity index (χ3n) is 6.50. The highest BCUT2D eigenvalue weighted by Gasteiger charge is 2.31. The molecule has 4 amide bonds. The Bertz CT molecular complexity index is 1330. The molecule has 3 aromatic carbocycles. The molecule has 0 radical (unpaired) electrons. The maximum absolute atomic E-state index is 13.7. The molecule has 3 atom stereocenters. The van der Waals surface area contributed by atoms with E-state index >= 15 is 0 Å². The number of amides is 4. The van der Waals surface area contributed by atoms with Gasteiger partial charge in [0.15, 0.2) is 5.78 Å². The minimum Gasteiger partial charge on any atom is -0.370 e. The van der Waals surface area contributed by atoms with E-state index < -0.39 is 48.1 Å². The lowest BCUT2D eigenvalue weighted by Crippen LogP contribution is -2.50. The van der Waals surface area contributed by atoms with Crippen LogP contribution in [-0.4, -0.2) is 41.5 Å². The molecule has 0 aliphatic carbocycles. The van der Waals surface area contributed by atoms with E-state index in [1.807, 2.05) is 61.5 Å². The lowest BCUT2D eigenvalue weighted by atomic mass is 9.89. The van der Waals surface area contributed by atoms with Crippen LogP contribution in [0.1, 0.15) is 39.9 Å². The van der Waals surface area contributed by atoms with Crippen LogP contribution < -0.4 is 22.1 Å². The number of nitrogens with two attached hydrogens (primary N) is 2. The zero-order valence-electron chi connectivity index (χ0n) is 22.3. The molecule has 6 N–H and O–H groups in total. The number of rotatable bonds is 14. The smallest absolute Gasteiger partial charge is 0.251 e. The number of hydrogen-bond donors (Lipinski definition) is 4. The summed E-state index contributed by atoms with van der Waals surface area (Å²) in [5.41, 5.74) is 13.7. The van der Waals surface area contributed by atoms with Crippen molar-refractivity contribution in [3.05, 3.63) is 107 Å². The first-order valence-electron chi connectivity index (χ1n) is 13.0. The number of benzene rings is 3. The van der Waals surface area contributed by atoms with Crippen molar-refractivity contribution in [2.75, 3.05) is 0 Å². The lowest BCUT2D eigenvalue weighted by molar-refractivity contribution is -0.133. The Balaban J connectivity index is 1.86. The van der Waals surface area contributed by atoms with Gasteiger partial charge in [-0.3, -0.25) is 24.0 Å². The molecule has 3 aromatic rings. The van der Waals surface area contributed by atoms with Gasteiger partial charge in [0.1, 0.15) is 6.04 Å². The molecular formula is C31H34N4O5. The van der Waals surface area contributed by atoms with Crippen LogP contribution in [0.3, 0.4) is 0 Å². The van der Waals surface area contributed by atoms with Crippen molar-refractivity contribution < 1.29 is 24.0 Å². The third kappa shape index (κ3) is 9.20. The van der Waals surface area contributed by atoms with Crippen LogP contribution in [0.25, 0.3) is 0 Å². The molecule has 0 aromatic heterocycles. The van der Waals surface area contributed by atoms with E-state index in [4.69, 9.17) is 11.5 Å². The summed E-state index contributed by atoms with van der Waals surface area (Å²) in [5.74, 6) is -4.01. The molecule has 0 aliphatic heterocycles. The van der Waals surface area contributed by atoms with Gasteiger partial charge in [-0.1, -0.05) is 78.4 Å². The van der Waals surface area contributed by atoms with E-state index in [2.05, 4.69) is 10.6 Å². The molecular weight excluding hydrogens is 508 g/mol. The van der Waals surface area contributed by atoms with Crippen molar-refractivity contribution in [3.8, 4) is 0 Å². The Labute approximate surface area is 233 Å². The van der Waals surface area contributed by atoms with Crippen LogP contribution in [0, 0.1) is 12.8 Å². The van der Waals surface area contributed by atoms with Gasteiger partial charge < -0.3 is 22.1 Å². The first-order chi connectivity index (χ1) is 19.1. The van der Waals surface area contributed by atoms with E-state index in [1.54, 1.807) is 30.3 Å². The van der Waals surface area contributed by atoms with Gasteiger partial charge in [-0.15, -0.1) is 0 Å². The third-order valence-corrected chi connectivity index (χ3v) is 6.50. The highest BCUT2D eigenvalue weighted by atomic mass is 16.2. The summed E-state index contributed by atoms with van der Waals surface area (Å²) in [4.78, 5) is 63.3. The van der Waals surface area contributed by atoms with Gasteiger partial charge in [0, 0.05) is 17.9 Å². The minimum absolute atomic E-state index is 0.185. The zero-order chi connectivity index (χ0) is 29.1. The Morgan fingerprint density at radius 2 is 1.25 bits per heavy atom. The second-order valence-corrected chi connectivity index (χ2v) is 9.77. The fourth-order valence-electron chi connectivity index (χ4n) is 4.29. The number of carbonyl (C=O) groups excluding carboxylic acids is 5. The van der Waals surface area contributed by atoms with Gasteiger partial charge in [0.2, 0.25) is 17.7 Å². The standard InChI is InChI=1S/C31H34N4O5/c1-20-12-14-22(15-13-20)16-24(31(40)35-26(29(33)38)19-28(32)37)18-27(36)25(17-21-8-4-2-5-9-21)34-30(39)23-10-6-3-7-11-23/h2-15,24-26H,16-19H2,1H3,(H2,32,37)(H2,33,38)(H,34,39)(H,35,40)/t24-,25+,26+/m1/s1. The number of ketones is 1. The van der Waals surface area contributed by atoms with Gasteiger partial charge in [-0.05, 0) is 43.0 Å². The van der Waals surface area contributed by atoms with Crippen molar-refractivity contribution >= 4 is 29.4 Å². The average Bonchev–Trinajstić information content (AvgIpc) is 2.93. The number of Topliss-reactive ketones (excluding diaryl/α,β-unsaturated/α-hetero) is 1. The maximum atomic E-state index is 13.7. The Hall–Kier alpha value is -4.79. The first kappa shape index (κ1) is 29.8. The fraction of sp³-hybridized carbons (Fsp3) is 0.258. The molecule has 0 bridgehead atoms. The Kier molecular flexibility index (Phi) is 10.7. The van der Waals surface area contributed by atoms with Gasteiger partial charge >= 0.3 is 0 Å². The summed E-state index contributed by atoms with van der Waals surface area (Å²) in [7, 11) is 0. The molecule has 40 heavy (non-hydrogen) atoms. The monoisotopic (exact) mass is 542 g/mol. The SMILES string of the molecule is Cc1ccc(C[C@H](CC(=O)[C@H](Cc2ccccc2)NC(=O)c2ccccc2)C(=O)N[C@@H](CC(N)=O)C(N)=O)cc1. The highest BCUT2D eigenvalue weighted by Crippen LogP contribution is 2.18. The average molecular weight is 543 g/mol. The van der Waals surface area contributed by atoms with Crippen LogP contribution in [-0.2, 0) is 32.0 Å². The van der Waals surface area contributed by atoms with E-state index in [1.165, 1.54) is 0 Å². The second-order valence-electron chi connectivity index (χ2n) is 9.77. The molecule has 0 saturated carbocycles. The molecule has 0 unspecified atom stereocenters. The normalized spacial score (nSPS) is 12.9. The van der Waals surface area contributed by atoms with Crippen LogP contribution >= 0.6 is 0 Å². The summed E-state index contributed by atoms with van der Waals surface area (Å²) in [6.07, 6.45) is -0.280. The Morgan fingerprint density at radius 1 is 0.675 bits per heavy atom. The Morgan fingerprint density at radius 3 is 1.82 bits per heavy atom. The molecule has 0 saturated heterocycles. The van der Waals surface area contributed by atoms with Crippen molar-refractivity contribution in [2.24, 2.45) is 17.4 Å². The zero-order valence-corrected chi connectivity index (χ0v) is 22.3. The topological polar surface area (TPSA) is 161 Å². The van der Waals surface area contributed by atoms with E-state index in [0.717, 1.165) is 16.7 Å². The van der Waals surface area contributed by atoms with Gasteiger partial charge in [-0.2, -0.15) is 0 Å². The minimum atomic E-state index is -1.31. The summed E-state index contributed by atoms with van der Waals surface area (Å²) >= 11 is 0. The number of primary amides is 2.